The number of benzene rings is 2. The van der Waals surface area contributed by atoms with Crippen LogP contribution >= 0.6 is 0 Å². The lowest BCUT2D eigenvalue weighted by Gasteiger charge is -2.18. The van der Waals surface area contributed by atoms with Crippen LogP contribution in [0.15, 0.2) is 53.7 Å². The summed E-state index contributed by atoms with van der Waals surface area (Å²) >= 11 is 0. The third kappa shape index (κ3) is 3.65. The van der Waals surface area contributed by atoms with Crippen LogP contribution in [-0.4, -0.2) is 17.0 Å². The van der Waals surface area contributed by atoms with Crippen LogP contribution < -0.4 is 5.32 Å². The molecule has 0 saturated carbocycles. The van der Waals surface area contributed by atoms with Crippen molar-refractivity contribution in [2.45, 2.75) is 38.5 Å². The molecule has 2 N–H and O–H groups in total. The summed E-state index contributed by atoms with van der Waals surface area (Å²) in [7, 11) is 0. The first-order valence-electron chi connectivity index (χ1n) is 8.37. The van der Waals surface area contributed by atoms with Crippen molar-refractivity contribution in [3.63, 3.8) is 0 Å². The molecule has 4 nitrogen and oxygen atoms in total. The number of carboxylic acid groups (broad SMARTS) is 1. The normalized spacial score (nSPS) is 14.7. The van der Waals surface area contributed by atoms with E-state index in [1.54, 1.807) is 0 Å². The maximum absolute atomic E-state index is 12.3. The summed E-state index contributed by atoms with van der Waals surface area (Å²) in [6.45, 7) is 0. The predicted molar refractivity (Wildman–Crippen MR) is 93.5 cm³/mol. The topological polar surface area (TPSA) is 66.4 Å². The van der Waals surface area contributed by atoms with Crippen molar-refractivity contribution in [3.05, 3.63) is 59.3 Å². The Kier molecular flexibility index (Phi) is 4.94. The lowest BCUT2D eigenvalue weighted by Crippen LogP contribution is -2.27. The van der Waals surface area contributed by atoms with E-state index in [0.717, 1.165) is 23.8 Å². The van der Waals surface area contributed by atoms with Crippen molar-refractivity contribution in [1.82, 2.24) is 5.32 Å². The van der Waals surface area contributed by atoms with Gasteiger partial charge in [-0.1, -0.05) is 42.5 Å². The average Bonchev–Trinajstić information content (AvgIpc) is 2.60. The summed E-state index contributed by atoms with van der Waals surface area (Å²) in [4.78, 5) is 23.5. The van der Waals surface area contributed by atoms with Crippen LogP contribution in [0.3, 0.4) is 0 Å². The molecule has 0 aromatic heterocycles. The highest BCUT2D eigenvalue weighted by atomic mass is 16.4. The fourth-order valence-corrected chi connectivity index (χ4v) is 3.27. The molecule has 0 bridgehead atoms. The molecule has 1 aliphatic rings. The maximum Gasteiger partial charge on any atom is 0.333 e. The van der Waals surface area contributed by atoms with Crippen LogP contribution in [0.5, 0.6) is 0 Å². The number of carboxylic acids is 1. The minimum atomic E-state index is -0.918. The summed E-state index contributed by atoms with van der Waals surface area (Å²) in [5, 5.41) is 14.4. The molecular formula is C20H21NO3. The SMILES string of the molecule is O=C(CCc1cccc2ccccc12)NC1=C(C(=O)O)CCCC1. The zero-order valence-electron chi connectivity index (χ0n) is 13.5. The fourth-order valence-electron chi connectivity index (χ4n) is 3.27. The molecule has 3 rings (SSSR count). The number of carbonyl (C=O) groups excluding carboxylic acids is 1. The van der Waals surface area contributed by atoms with Crippen LogP contribution in [0.25, 0.3) is 10.8 Å². The van der Waals surface area contributed by atoms with Gasteiger partial charge in [-0.2, -0.15) is 0 Å². The van der Waals surface area contributed by atoms with E-state index >= 15 is 0 Å². The van der Waals surface area contributed by atoms with Gasteiger partial charge in [0, 0.05) is 12.1 Å². The van der Waals surface area contributed by atoms with Crippen molar-refractivity contribution >= 4 is 22.6 Å². The van der Waals surface area contributed by atoms with Crippen LogP contribution in [-0.2, 0) is 16.0 Å². The first-order valence-corrected chi connectivity index (χ1v) is 8.37. The molecule has 0 spiro atoms. The van der Waals surface area contributed by atoms with E-state index < -0.39 is 5.97 Å². The summed E-state index contributed by atoms with van der Waals surface area (Å²) in [6.07, 6.45) is 3.97. The minimum absolute atomic E-state index is 0.112. The van der Waals surface area contributed by atoms with Crippen molar-refractivity contribution in [1.29, 1.82) is 0 Å². The highest BCUT2D eigenvalue weighted by Crippen LogP contribution is 2.24. The van der Waals surface area contributed by atoms with Crippen molar-refractivity contribution < 1.29 is 14.7 Å². The fraction of sp³-hybridized carbons (Fsp3) is 0.300. The molecule has 4 heteroatoms. The van der Waals surface area contributed by atoms with Gasteiger partial charge >= 0.3 is 5.97 Å². The number of amides is 1. The number of allylic oxidation sites excluding steroid dienone is 1. The van der Waals surface area contributed by atoms with Crippen LogP contribution in [0.4, 0.5) is 0 Å². The zero-order chi connectivity index (χ0) is 16.9. The molecule has 124 valence electrons. The molecule has 2 aromatic rings. The number of hydrogen-bond acceptors (Lipinski definition) is 2. The molecule has 2 aromatic carbocycles. The molecule has 0 fully saturated rings. The summed E-state index contributed by atoms with van der Waals surface area (Å²) < 4.78 is 0. The Morgan fingerprint density at radius 1 is 1.00 bits per heavy atom. The zero-order valence-corrected chi connectivity index (χ0v) is 13.5. The van der Waals surface area contributed by atoms with Crippen molar-refractivity contribution in [3.8, 4) is 0 Å². The number of hydrogen-bond donors (Lipinski definition) is 2. The Morgan fingerprint density at radius 2 is 1.75 bits per heavy atom. The van der Waals surface area contributed by atoms with Gasteiger partial charge in [-0.25, -0.2) is 4.79 Å². The van der Waals surface area contributed by atoms with Gasteiger partial charge < -0.3 is 10.4 Å². The molecule has 1 aliphatic carbocycles. The second-order valence-corrected chi connectivity index (χ2v) is 6.16. The van der Waals surface area contributed by atoms with E-state index in [1.807, 2.05) is 24.3 Å². The van der Waals surface area contributed by atoms with Gasteiger partial charge in [0.05, 0.1) is 5.57 Å². The average molecular weight is 323 g/mol. The Hall–Kier alpha value is -2.62. The van der Waals surface area contributed by atoms with Gasteiger partial charge in [-0.15, -0.1) is 0 Å². The standard InChI is InChI=1S/C20H21NO3/c22-19(21-18-11-4-3-10-17(18)20(23)24)13-12-15-8-5-7-14-6-1-2-9-16(14)15/h1-2,5-9H,3-4,10-13H2,(H,21,22)(H,23,24). The predicted octanol–water partition coefficient (Wildman–Crippen LogP) is 3.80. The van der Waals surface area contributed by atoms with Gasteiger partial charge in [-0.3, -0.25) is 4.79 Å². The van der Waals surface area contributed by atoms with Gasteiger partial charge in [0.1, 0.15) is 0 Å². The second-order valence-electron chi connectivity index (χ2n) is 6.16. The number of rotatable bonds is 5. The number of carbonyl (C=O) groups is 2. The summed E-state index contributed by atoms with van der Waals surface area (Å²) in [5.74, 6) is -1.03. The molecule has 0 unspecified atom stereocenters. The molecule has 0 heterocycles. The highest BCUT2D eigenvalue weighted by molar-refractivity contribution is 5.90. The molecule has 0 saturated heterocycles. The maximum atomic E-state index is 12.3. The molecule has 1 amide bonds. The Balaban J connectivity index is 1.68. The van der Waals surface area contributed by atoms with E-state index in [4.69, 9.17) is 0 Å². The second kappa shape index (κ2) is 7.30. The Bertz CT molecular complexity index is 802. The number of aryl methyl sites for hydroxylation is 1. The first kappa shape index (κ1) is 16.2. The van der Waals surface area contributed by atoms with Crippen LogP contribution in [0.1, 0.15) is 37.7 Å². The van der Waals surface area contributed by atoms with E-state index in [9.17, 15) is 14.7 Å². The summed E-state index contributed by atoms with van der Waals surface area (Å²) in [6, 6.07) is 14.2. The number of nitrogens with one attached hydrogen (secondary N) is 1. The lowest BCUT2D eigenvalue weighted by atomic mass is 9.96. The largest absolute Gasteiger partial charge is 0.478 e. The molecule has 24 heavy (non-hydrogen) atoms. The number of aliphatic carboxylic acids is 1. The Labute approximate surface area is 141 Å². The van der Waals surface area contributed by atoms with E-state index in [2.05, 4.69) is 23.5 Å². The summed E-state index contributed by atoms with van der Waals surface area (Å²) in [5.41, 5.74) is 2.09. The third-order valence-corrected chi connectivity index (χ3v) is 4.52. The van der Waals surface area contributed by atoms with Gasteiger partial charge in [0.25, 0.3) is 0 Å². The van der Waals surface area contributed by atoms with Crippen molar-refractivity contribution in [2.24, 2.45) is 0 Å². The van der Waals surface area contributed by atoms with Gasteiger partial charge in [0.15, 0.2) is 0 Å². The lowest BCUT2D eigenvalue weighted by molar-refractivity contribution is -0.133. The van der Waals surface area contributed by atoms with Gasteiger partial charge in [0.2, 0.25) is 5.91 Å². The first-order chi connectivity index (χ1) is 11.6. The van der Waals surface area contributed by atoms with Gasteiger partial charge in [-0.05, 0) is 48.4 Å². The Morgan fingerprint density at radius 3 is 2.58 bits per heavy atom. The quantitative estimate of drug-likeness (QED) is 0.879. The van der Waals surface area contributed by atoms with Crippen LogP contribution in [0, 0.1) is 0 Å². The monoisotopic (exact) mass is 323 g/mol. The van der Waals surface area contributed by atoms with E-state index in [0.29, 0.717) is 37.0 Å². The van der Waals surface area contributed by atoms with Crippen LogP contribution in [0.2, 0.25) is 0 Å². The van der Waals surface area contributed by atoms with Crippen molar-refractivity contribution in [2.75, 3.05) is 0 Å². The third-order valence-electron chi connectivity index (χ3n) is 4.52. The minimum Gasteiger partial charge on any atom is -0.478 e. The molecule has 0 radical (unpaired) electrons. The molecule has 0 aliphatic heterocycles. The molecular weight excluding hydrogens is 302 g/mol. The number of fused-ring (bicyclic) bond motifs is 1. The van der Waals surface area contributed by atoms with E-state index in [-0.39, 0.29) is 5.91 Å². The highest BCUT2D eigenvalue weighted by Gasteiger charge is 2.19. The van der Waals surface area contributed by atoms with E-state index in [1.165, 1.54) is 5.39 Å². The molecule has 0 atom stereocenters. The smallest absolute Gasteiger partial charge is 0.333 e.